The molecular formula is C15H12F3N5OS. The van der Waals surface area contributed by atoms with Crippen LogP contribution in [0, 0.1) is 11.3 Å². The lowest BCUT2D eigenvalue weighted by atomic mass is 10.2. The van der Waals surface area contributed by atoms with Gasteiger partial charge in [-0.1, -0.05) is 11.8 Å². The van der Waals surface area contributed by atoms with Crippen molar-refractivity contribution in [1.29, 1.82) is 5.26 Å². The molecule has 10 heteroatoms. The minimum absolute atomic E-state index is 0.197. The van der Waals surface area contributed by atoms with Gasteiger partial charge < -0.3 is 10.6 Å². The monoisotopic (exact) mass is 367 g/mol. The van der Waals surface area contributed by atoms with E-state index in [1.165, 1.54) is 12.3 Å². The van der Waals surface area contributed by atoms with Crippen molar-refractivity contribution in [2.45, 2.75) is 22.9 Å². The second-order valence-corrected chi connectivity index (χ2v) is 5.80. The maximum atomic E-state index is 12.7. The van der Waals surface area contributed by atoms with Gasteiger partial charge in [0.2, 0.25) is 0 Å². The van der Waals surface area contributed by atoms with Crippen molar-refractivity contribution < 1.29 is 18.0 Å². The molecule has 0 atom stereocenters. The number of benzene rings is 1. The predicted octanol–water partition coefficient (Wildman–Crippen LogP) is 3.66. The van der Waals surface area contributed by atoms with Crippen LogP contribution in [0.5, 0.6) is 0 Å². The normalized spacial score (nSPS) is 10.8. The van der Waals surface area contributed by atoms with Crippen LogP contribution < -0.4 is 10.6 Å². The van der Waals surface area contributed by atoms with E-state index in [-0.39, 0.29) is 10.5 Å². The lowest BCUT2D eigenvalue weighted by molar-refractivity contribution is -0.141. The van der Waals surface area contributed by atoms with Crippen molar-refractivity contribution in [1.82, 2.24) is 15.5 Å². The van der Waals surface area contributed by atoms with Crippen molar-refractivity contribution in [3.05, 3.63) is 41.7 Å². The smallest absolute Gasteiger partial charge is 0.338 e. The van der Waals surface area contributed by atoms with Crippen LogP contribution in [-0.4, -0.2) is 22.8 Å². The number of nitriles is 1. The second-order valence-electron chi connectivity index (χ2n) is 4.68. The van der Waals surface area contributed by atoms with Crippen LogP contribution in [0.15, 0.2) is 40.3 Å². The van der Waals surface area contributed by atoms with E-state index in [0.717, 1.165) is 17.8 Å². The van der Waals surface area contributed by atoms with Gasteiger partial charge in [-0.25, -0.2) is 4.79 Å². The van der Waals surface area contributed by atoms with Gasteiger partial charge in [0.1, 0.15) is 6.07 Å². The van der Waals surface area contributed by atoms with Gasteiger partial charge >= 0.3 is 12.2 Å². The largest absolute Gasteiger partial charge is 0.435 e. The number of anilines is 1. The molecule has 0 bridgehead atoms. The fraction of sp³-hybridized carbons (Fsp3) is 0.200. The molecule has 1 heterocycles. The molecule has 0 saturated heterocycles. The van der Waals surface area contributed by atoms with E-state index in [9.17, 15) is 23.2 Å². The first-order valence-corrected chi connectivity index (χ1v) is 7.82. The summed E-state index contributed by atoms with van der Waals surface area (Å²) in [5.74, 6) is 0. The first kappa shape index (κ1) is 18.5. The summed E-state index contributed by atoms with van der Waals surface area (Å²) in [6.45, 7) is 2.21. The molecular weight excluding hydrogens is 355 g/mol. The molecule has 0 fully saturated rings. The fourth-order valence-corrected chi connectivity index (χ4v) is 2.67. The number of rotatable bonds is 4. The Labute approximate surface area is 145 Å². The van der Waals surface area contributed by atoms with Gasteiger partial charge in [0.05, 0.1) is 11.8 Å². The number of aromatic nitrogens is 2. The Morgan fingerprint density at radius 3 is 2.76 bits per heavy atom. The van der Waals surface area contributed by atoms with E-state index in [4.69, 9.17) is 0 Å². The van der Waals surface area contributed by atoms with Gasteiger partial charge in [0.25, 0.3) is 0 Å². The Balaban J connectivity index is 2.23. The van der Waals surface area contributed by atoms with E-state index in [0.29, 0.717) is 17.1 Å². The summed E-state index contributed by atoms with van der Waals surface area (Å²) in [6.07, 6.45) is -3.41. The average molecular weight is 367 g/mol. The zero-order valence-electron chi connectivity index (χ0n) is 12.9. The summed E-state index contributed by atoms with van der Waals surface area (Å²) >= 11 is 0.954. The third kappa shape index (κ3) is 5.09. The first-order chi connectivity index (χ1) is 11.8. The lowest BCUT2D eigenvalue weighted by Gasteiger charge is -2.09. The molecule has 130 valence electrons. The molecule has 25 heavy (non-hydrogen) atoms. The Hall–Kier alpha value is -2.80. The molecule has 0 radical (unpaired) electrons. The summed E-state index contributed by atoms with van der Waals surface area (Å²) in [6, 6.07) is 6.93. The van der Waals surface area contributed by atoms with Gasteiger partial charge in [0, 0.05) is 22.0 Å². The maximum Gasteiger partial charge on any atom is 0.435 e. The van der Waals surface area contributed by atoms with E-state index >= 15 is 0 Å². The average Bonchev–Trinajstić information content (AvgIpc) is 2.56. The molecule has 2 aromatic rings. The Bertz CT molecular complexity index is 820. The van der Waals surface area contributed by atoms with Gasteiger partial charge in [-0.3, -0.25) is 0 Å². The van der Waals surface area contributed by atoms with Crippen LogP contribution in [0.3, 0.4) is 0 Å². The number of carbonyl (C=O) groups excluding carboxylic acids is 1. The third-order valence-corrected chi connectivity index (χ3v) is 3.88. The Kier molecular flexibility index (Phi) is 5.82. The predicted molar refractivity (Wildman–Crippen MR) is 85.0 cm³/mol. The summed E-state index contributed by atoms with van der Waals surface area (Å²) in [7, 11) is 0. The van der Waals surface area contributed by atoms with Crippen LogP contribution in [0.2, 0.25) is 0 Å². The van der Waals surface area contributed by atoms with Gasteiger partial charge in [0.15, 0.2) is 5.69 Å². The number of nitrogens with one attached hydrogen (secondary N) is 2. The lowest BCUT2D eigenvalue weighted by Crippen LogP contribution is -2.28. The molecule has 0 unspecified atom stereocenters. The van der Waals surface area contributed by atoms with Crippen molar-refractivity contribution in [3.8, 4) is 6.07 Å². The molecule has 0 aliphatic carbocycles. The zero-order valence-corrected chi connectivity index (χ0v) is 13.7. The van der Waals surface area contributed by atoms with E-state index in [2.05, 4.69) is 20.8 Å². The van der Waals surface area contributed by atoms with Crippen LogP contribution in [-0.2, 0) is 6.18 Å². The number of hydrogen-bond acceptors (Lipinski definition) is 5. The summed E-state index contributed by atoms with van der Waals surface area (Å²) in [5, 5.41) is 20.7. The molecule has 6 nitrogen and oxygen atoms in total. The number of hydrogen-bond donors (Lipinski definition) is 2. The molecule has 0 spiro atoms. The Morgan fingerprint density at radius 1 is 1.36 bits per heavy atom. The quantitative estimate of drug-likeness (QED) is 0.861. The highest BCUT2D eigenvalue weighted by Crippen LogP contribution is 2.34. The van der Waals surface area contributed by atoms with Gasteiger partial charge in [-0.05, 0) is 31.2 Å². The molecule has 0 saturated carbocycles. The summed E-state index contributed by atoms with van der Waals surface area (Å²) in [4.78, 5) is 12.1. The first-order valence-electron chi connectivity index (χ1n) is 7.00. The summed E-state index contributed by atoms with van der Waals surface area (Å²) in [5.41, 5.74) is -0.495. The van der Waals surface area contributed by atoms with E-state index in [1.54, 1.807) is 19.1 Å². The minimum atomic E-state index is -4.60. The molecule has 1 aromatic heterocycles. The van der Waals surface area contributed by atoms with Crippen LogP contribution >= 0.6 is 11.8 Å². The summed E-state index contributed by atoms with van der Waals surface area (Å²) < 4.78 is 38.0. The van der Waals surface area contributed by atoms with Crippen molar-refractivity contribution in [2.24, 2.45) is 0 Å². The number of carbonyl (C=O) groups is 1. The van der Waals surface area contributed by atoms with E-state index < -0.39 is 17.9 Å². The Morgan fingerprint density at radius 2 is 2.12 bits per heavy atom. The number of urea groups is 1. The van der Waals surface area contributed by atoms with Crippen LogP contribution in [0.1, 0.15) is 18.2 Å². The van der Waals surface area contributed by atoms with Gasteiger partial charge in [-0.2, -0.15) is 23.5 Å². The minimum Gasteiger partial charge on any atom is -0.338 e. The van der Waals surface area contributed by atoms with Crippen molar-refractivity contribution >= 4 is 23.5 Å². The highest BCUT2D eigenvalue weighted by molar-refractivity contribution is 7.99. The maximum absolute atomic E-state index is 12.7. The molecule has 2 N–H and O–H groups in total. The highest BCUT2D eigenvalue weighted by Gasteiger charge is 2.33. The zero-order chi connectivity index (χ0) is 18.4. The molecule has 0 aliphatic heterocycles. The van der Waals surface area contributed by atoms with Gasteiger partial charge in [-0.15, -0.1) is 5.10 Å². The SMILES string of the molecule is CCNC(=O)Nc1ccc(Sc2cnnc(C(F)(F)F)c2)c(C#N)c1. The fourth-order valence-electron chi connectivity index (χ4n) is 1.79. The number of amides is 2. The second kappa shape index (κ2) is 7.85. The van der Waals surface area contributed by atoms with E-state index in [1.807, 2.05) is 6.07 Å². The third-order valence-electron chi connectivity index (χ3n) is 2.84. The molecule has 1 aromatic carbocycles. The van der Waals surface area contributed by atoms with Crippen molar-refractivity contribution in [2.75, 3.05) is 11.9 Å². The molecule has 0 aliphatic rings. The number of nitrogens with zero attached hydrogens (tertiary/aromatic N) is 3. The van der Waals surface area contributed by atoms with Crippen molar-refractivity contribution in [3.63, 3.8) is 0 Å². The highest BCUT2D eigenvalue weighted by atomic mass is 32.2. The number of alkyl halides is 3. The standard InChI is InChI=1S/C15H12F3N5OS/c1-2-20-14(24)22-10-3-4-12(9(5-10)7-19)25-11-6-13(15(16,17)18)23-21-8-11/h3-6,8H,2H2,1H3,(H2,20,22,24). The topological polar surface area (TPSA) is 90.7 Å². The molecule has 2 amide bonds. The van der Waals surface area contributed by atoms with Crippen LogP contribution in [0.25, 0.3) is 0 Å². The van der Waals surface area contributed by atoms with Crippen LogP contribution in [0.4, 0.5) is 23.7 Å². The molecule has 2 rings (SSSR count). The number of halogens is 3.